The molecule has 1 rings (SSSR count). The Morgan fingerprint density at radius 1 is 1.53 bits per heavy atom. The molecule has 1 aromatic heterocycles. The van der Waals surface area contributed by atoms with Crippen molar-refractivity contribution >= 4 is 5.82 Å². The van der Waals surface area contributed by atoms with Gasteiger partial charge in [0.05, 0.1) is 0 Å². The van der Waals surface area contributed by atoms with E-state index in [0.29, 0.717) is 6.54 Å². The van der Waals surface area contributed by atoms with Gasteiger partial charge in [-0.15, -0.1) is 0 Å². The summed E-state index contributed by atoms with van der Waals surface area (Å²) in [4.78, 5) is 4.24. The summed E-state index contributed by atoms with van der Waals surface area (Å²) in [5, 5.41) is 3.25. The number of nitrogens with two attached hydrogens (primary N) is 1. The highest BCUT2D eigenvalue weighted by molar-refractivity contribution is 5.43. The van der Waals surface area contributed by atoms with Crippen molar-refractivity contribution in [3.63, 3.8) is 0 Å². The van der Waals surface area contributed by atoms with Gasteiger partial charge >= 0.3 is 0 Å². The Hall–Kier alpha value is -1.13. The third-order valence-electron chi connectivity index (χ3n) is 2.07. The lowest BCUT2D eigenvalue weighted by Crippen LogP contribution is -2.10. The second-order valence-corrected chi connectivity index (χ2v) is 3.19. The molecular formula is C11H19N3O. The van der Waals surface area contributed by atoms with Gasteiger partial charge < -0.3 is 15.8 Å². The summed E-state index contributed by atoms with van der Waals surface area (Å²) in [5.41, 5.74) is 6.65. The minimum Gasteiger partial charge on any atom is -0.382 e. The van der Waals surface area contributed by atoms with Gasteiger partial charge in [0.25, 0.3) is 0 Å². The Kier molecular flexibility index (Phi) is 5.73. The molecule has 0 saturated carbocycles. The zero-order valence-electron chi connectivity index (χ0n) is 9.20. The number of hydrogen-bond acceptors (Lipinski definition) is 4. The van der Waals surface area contributed by atoms with Gasteiger partial charge in [0.2, 0.25) is 0 Å². The average Bonchev–Trinajstić information content (AvgIpc) is 2.29. The first-order chi connectivity index (χ1) is 7.38. The smallest absolute Gasteiger partial charge is 0.130 e. The Labute approximate surface area is 90.8 Å². The number of aromatic nitrogens is 1. The van der Waals surface area contributed by atoms with Crippen LogP contribution in [0.4, 0.5) is 5.82 Å². The van der Waals surface area contributed by atoms with Crippen LogP contribution in [0.2, 0.25) is 0 Å². The van der Waals surface area contributed by atoms with Crippen molar-refractivity contribution in [1.29, 1.82) is 0 Å². The van der Waals surface area contributed by atoms with Crippen molar-refractivity contribution in [2.75, 3.05) is 25.1 Å². The first-order valence-electron chi connectivity index (χ1n) is 5.34. The molecular weight excluding hydrogens is 190 g/mol. The molecule has 0 aromatic carbocycles. The predicted octanol–water partition coefficient (Wildman–Crippen LogP) is 1.38. The zero-order valence-corrected chi connectivity index (χ0v) is 9.20. The highest BCUT2D eigenvalue weighted by Gasteiger charge is 1.99. The molecule has 1 heterocycles. The number of ether oxygens (including phenoxy) is 1. The topological polar surface area (TPSA) is 60.2 Å². The van der Waals surface area contributed by atoms with Gasteiger partial charge in [0, 0.05) is 38.1 Å². The number of nitrogens with one attached hydrogen (secondary N) is 1. The van der Waals surface area contributed by atoms with Gasteiger partial charge in [-0.25, -0.2) is 4.98 Å². The van der Waals surface area contributed by atoms with Gasteiger partial charge in [-0.05, 0) is 19.4 Å². The summed E-state index contributed by atoms with van der Waals surface area (Å²) >= 11 is 0. The third kappa shape index (κ3) is 4.27. The highest BCUT2D eigenvalue weighted by Crippen LogP contribution is 2.09. The molecule has 1 aromatic rings. The maximum absolute atomic E-state index is 5.60. The van der Waals surface area contributed by atoms with Crippen LogP contribution in [0.15, 0.2) is 18.3 Å². The summed E-state index contributed by atoms with van der Waals surface area (Å²) in [6.07, 6.45) is 2.75. The third-order valence-corrected chi connectivity index (χ3v) is 2.07. The number of nitrogens with zero attached hydrogens (tertiary/aromatic N) is 1. The monoisotopic (exact) mass is 209 g/mol. The molecule has 84 valence electrons. The molecule has 0 bridgehead atoms. The standard InChI is InChI=1S/C11H19N3O/c1-2-15-8-4-7-14-11-10(9-12)5-3-6-13-11/h3,5-6H,2,4,7-9,12H2,1H3,(H,13,14). The summed E-state index contributed by atoms with van der Waals surface area (Å²) < 4.78 is 5.24. The zero-order chi connectivity index (χ0) is 10.9. The number of rotatable bonds is 7. The van der Waals surface area contributed by atoms with Crippen LogP contribution in [-0.4, -0.2) is 24.7 Å². The first-order valence-corrected chi connectivity index (χ1v) is 5.34. The van der Waals surface area contributed by atoms with Crippen LogP contribution >= 0.6 is 0 Å². The highest BCUT2D eigenvalue weighted by atomic mass is 16.5. The Morgan fingerprint density at radius 3 is 3.13 bits per heavy atom. The molecule has 0 atom stereocenters. The molecule has 0 radical (unpaired) electrons. The maximum atomic E-state index is 5.60. The maximum Gasteiger partial charge on any atom is 0.130 e. The molecule has 0 aliphatic heterocycles. The minimum absolute atomic E-state index is 0.516. The summed E-state index contributed by atoms with van der Waals surface area (Å²) in [6.45, 7) is 4.94. The van der Waals surface area contributed by atoms with Crippen molar-refractivity contribution in [3.8, 4) is 0 Å². The van der Waals surface area contributed by atoms with Crippen LogP contribution < -0.4 is 11.1 Å². The molecule has 0 unspecified atom stereocenters. The van der Waals surface area contributed by atoms with E-state index in [1.165, 1.54) is 0 Å². The van der Waals surface area contributed by atoms with Crippen molar-refractivity contribution in [1.82, 2.24) is 4.98 Å². The Bertz CT molecular complexity index is 278. The van der Waals surface area contributed by atoms with Crippen LogP contribution in [0.3, 0.4) is 0 Å². The van der Waals surface area contributed by atoms with E-state index in [4.69, 9.17) is 10.5 Å². The number of anilines is 1. The van der Waals surface area contributed by atoms with Crippen LogP contribution in [0.5, 0.6) is 0 Å². The van der Waals surface area contributed by atoms with E-state index in [-0.39, 0.29) is 0 Å². The van der Waals surface area contributed by atoms with E-state index in [0.717, 1.165) is 37.6 Å². The van der Waals surface area contributed by atoms with Crippen molar-refractivity contribution in [2.45, 2.75) is 19.9 Å². The summed E-state index contributed by atoms with van der Waals surface area (Å²) in [6, 6.07) is 3.88. The summed E-state index contributed by atoms with van der Waals surface area (Å²) in [7, 11) is 0. The molecule has 0 amide bonds. The Balaban J connectivity index is 2.30. The quantitative estimate of drug-likeness (QED) is 0.666. The lowest BCUT2D eigenvalue weighted by Gasteiger charge is -2.09. The lowest BCUT2D eigenvalue weighted by molar-refractivity contribution is 0.147. The first kappa shape index (κ1) is 11.9. The SMILES string of the molecule is CCOCCCNc1ncccc1CN. The van der Waals surface area contributed by atoms with Gasteiger partial charge in [-0.3, -0.25) is 0 Å². The van der Waals surface area contributed by atoms with Crippen molar-refractivity contribution < 1.29 is 4.74 Å². The fourth-order valence-electron chi connectivity index (χ4n) is 1.29. The molecule has 0 spiro atoms. The van der Waals surface area contributed by atoms with E-state index in [9.17, 15) is 0 Å². The van der Waals surface area contributed by atoms with Crippen molar-refractivity contribution in [2.24, 2.45) is 5.73 Å². The fraction of sp³-hybridized carbons (Fsp3) is 0.545. The fourth-order valence-corrected chi connectivity index (χ4v) is 1.29. The van der Waals surface area contributed by atoms with E-state index < -0.39 is 0 Å². The molecule has 4 nitrogen and oxygen atoms in total. The second-order valence-electron chi connectivity index (χ2n) is 3.19. The molecule has 0 aliphatic rings. The largest absolute Gasteiger partial charge is 0.382 e. The number of pyridine rings is 1. The average molecular weight is 209 g/mol. The van der Waals surface area contributed by atoms with Gasteiger partial charge in [0.15, 0.2) is 0 Å². The predicted molar refractivity (Wildman–Crippen MR) is 61.7 cm³/mol. The van der Waals surface area contributed by atoms with Crippen LogP contribution in [0, 0.1) is 0 Å². The van der Waals surface area contributed by atoms with E-state index >= 15 is 0 Å². The molecule has 0 aliphatic carbocycles. The van der Waals surface area contributed by atoms with Crippen LogP contribution in [0.1, 0.15) is 18.9 Å². The minimum atomic E-state index is 0.516. The van der Waals surface area contributed by atoms with Gasteiger partial charge in [0.1, 0.15) is 5.82 Å². The van der Waals surface area contributed by atoms with E-state index in [2.05, 4.69) is 10.3 Å². The molecule has 3 N–H and O–H groups in total. The summed E-state index contributed by atoms with van der Waals surface area (Å²) in [5.74, 6) is 0.886. The lowest BCUT2D eigenvalue weighted by atomic mass is 10.2. The molecule has 4 heteroatoms. The van der Waals surface area contributed by atoms with Gasteiger partial charge in [-0.1, -0.05) is 6.07 Å². The van der Waals surface area contributed by atoms with Crippen LogP contribution in [0.25, 0.3) is 0 Å². The van der Waals surface area contributed by atoms with Crippen LogP contribution in [-0.2, 0) is 11.3 Å². The molecule has 15 heavy (non-hydrogen) atoms. The Morgan fingerprint density at radius 2 is 2.40 bits per heavy atom. The van der Waals surface area contributed by atoms with E-state index in [1.54, 1.807) is 6.20 Å². The molecule has 0 saturated heterocycles. The number of hydrogen-bond donors (Lipinski definition) is 2. The van der Waals surface area contributed by atoms with E-state index in [1.807, 2.05) is 19.1 Å². The second kappa shape index (κ2) is 7.20. The van der Waals surface area contributed by atoms with Gasteiger partial charge in [-0.2, -0.15) is 0 Å². The normalized spacial score (nSPS) is 10.3. The van der Waals surface area contributed by atoms with Crippen molar-refractivity contribution in [3.05, 3.63) is 23.9 Å². The molecule has 0 fully saturated rings.